The zero-order valence-corrected chi connectivity index (χ0v) is 20.3. The van der Waals surface area contributed by atoms with Gasteiger partial charge in [-0.1, -0.05) is 24.3 Å². The van der Waals surface area contributed by atoms with Crippen molar-refractivity contribution in [3.63, 3.8) is 0 Å². The molecule has 10 heteroatoms. The molecule has 3 heterocycles. The first-order valence-corrected chi connectivity index (χ1v) is 11.8. The number of aryl methyl sites for hydroxylation is 1. The second-order valence-corrected chi connectivity index (χ2v) is 9.45. The van der Waals surface area contributed by atoms with E-state index in [1.54, 1.807) is 25.3 Å². The van der Waals surface area contributed by atoms with Crippen LogP contribution in [0, 0.1) is 18.8 Å². The predicted octanol–water partition coefficient (Wildman–Crippen LogP) is 0.851. The normalized spacial score (nSPS) is 26.2. The van der Waals surface area contributed by atoms with Crippen LogP contribution in [0.2, 0.25) is 0 Å². The molecule has 2 fully saturated rings. The summed E-state index contributed by atoms with van der Waals surface area (Å²) in [5.41, 5.74) is 6.97. The highest BCUT2D eigenvalue weighted by atomic mass is 16.5. The number of nitrogens with zero attached hydrogens (tertiary/aromatic N) is 1. The maximum absolute atomic E-state index is 13.8. The van der Waals surface area contributed by atoms with E-state index in [2.05, 4.69) is 10.6 Å². The van der Waals surface area contributed by atoms with Gasteiger partial charge in [0.2, 0.25) is 23.6 Å². The quantitative estimate of drug-likeness (QED) is 0.487. The number of nitrogens with one attached hydrogen (secondary N) is 2. The van der Waals surface area contributed by atoms with Crippen LogP contribution in [-0.2, 0) is 31.1 Å². The number of nitrogens with two attached hydrogens (primary N) is 1. The lowest BCUT2D eigenvalue weighted by molar-refractivity contribution is -0.142. The van der Waals surface area contributed by atoms with E-state index in [0.29, 0.717) is 29.2 Å². The predicted molar refractivity (Wildman–Crippen MR) is 129 cm³/mol. The standard InChI is InChI=1S/C26H28N4O6/c1-13-5-4-6-15-22(13)28-25(34)26(15)21-20(16(29-26)12-19(27)31)23(32)30(24(21)33)10-9-14-7-8-17(35-2)18(11-14)36-3/h4-8,11,16,20-21,29H,9-10,12H2,1-3H3,(H2,27,31)(H,28,34)/t16-,20-,21+,26-/m1/s1. The van der Waals surface area contributed by atoms with Gasteiger partial charge in [0.15, 0.2) is 11.5 Å². The lowest BCUT2D eigenvalue weighted by Gasteiger charge is -2.29. The van der Waals surface area contributed by atoms with Gasteiger partial charge in [0.05, 0.1) is 26.1 Å². The van der Waals surface area contributed by atoms with Gasteiger partial charge >= 0.3 is 0 Å². The molecule has 0 saturated carbocycles. The number of rotatable bonds is 7. The number of carbonyl (C=O) groups excluding carboxylic acids is 4. The Labute approximate surface area is 208 Å². The topological polar surface area (TPSA) is 140 Å². The number of primary amides is 1. The Morgan fingerprint density at radius 2 is 1.83 bits per heavy atom. The summed E-state index contributed by atoms with van der Waals surface area (Å²) in [6.07, 6.45) is 0.222. The molecule has 3 aliphatic rings. The minimum atomic E-state index is -1.45. The SMILES string of the molecule is COc1ccc(CCN2C(=O)[C@H]3[C@@H](C2=O)[C@@]2(N[C@@H]3CC(N)=O)C(=O)Nc3c(C)cccc32)cc1OC. The van der Waals surface area contributed by atoms with Crippen molar-refractivity contribution in [2.24, 2.45) is 17.6 Å². The summed E-state index contributed by atoms with van der Waals surface area (Å²) in [7, 11) is 3.08. The van der Waals surface area contributed by atoms with E-state index in [0.717, 1.165) is 11.1 Å². The Bertz CT molecular complexity index is 1290. The minimum Gasteiger partial charge on any atom is -0.493 e. The molecule has 4 amide bonds. The number of imide groups is 1. The van der Waals surface area contributed by atoms with Crippen LogP contribution in [0.5, 0.6) is 11.5 Å². The zero-order chi connectivity index (χ0) is 25.8. The molecule has 5 rings (SSSR count). The van der Waals surface area contributed by atoms with Gasteiger partial charge in [-0.25, -0.2) is 0 Å². The van der Waals surface area contributed by atoms with Crippen molar-refractivity contribution in [1.82, 2.24) is 10.2 Å². The Hall–Kier alpha value is -3.92. The van der Waals surface area contributed by atoms with E-state index >= 15 is 0 Å². The first kappa shape index (κ1) is 23.8. The molecule has 2 aromatic rings. The van der Waals surface area contributed by atoms with Crippen LogP contribution >= 0.6 is 0 Å². The first-order chi connectivity index (χ1) is 17.2. The molecule has 2 aromatic carbocycles. The van der Waals surface area contributed by atoms with Gasteiger partial charge in [-0.15, -0.1) is 0 Å². The van der Waals surface area contributed by atoms with Crippen LogP contribution in [0.4, 0.5) is 5.69 Å². The summed E-state index contributed by atoms with van der Waals surface area (Å²) in [5.74, 6) is -2.61. The molecule has 36 heavy (non-hydrogen) atoms. The molecule has 1 spiro atoms. The Kier molecular flexibility index (Phi) is 5.71. The molecular weight excluding hydrogens is 464 g/mol. The third kappa shape index (κ3) is 3.35. The van der Waals surface area contributed by atoms with Crippen LogP contribution < -0.4 is 25.8 Å². The van der Waals surface area contributed by atoms with Crippen LogP contribution in [0.25, 0.3) is 0 Å². The van der Waals surface area contributed by atoms with Crippen LogP contribution in [-0.4, -0.2) is 55.3 Å². The Morgan fingerprint density at radius 1 is 1.08 bits per heavy atom. The second kappa shape index (κ2) is 8.63. The van der Waals surface area contributed by atoms with Gasteiger partial charge in [0.25, 0.3) is 0 Å². The van der Waals surface area contributed by atoms with E-state index in [4.69, 9.17) is 15.2 Å². The highest BCUT2D eigenvalue weighted by Crippen LogP contribution is 2.53. The lowest BCUT2D eigenvalue weighted by atomic mass is 9.76. The summed E-state index contributed by atoms with van der Waals surface area (Å²) in [6.45, 7) is 1.99. The molecule has 0 unspecified atom stereocenters. The molecule has 188 valence electrons. The molecule has 0 bridgehead atoms. The van der Waals surface area contributed by atoms with E-state index in [-0.39, 0.29) is 13.0 Å². The number of likely N-dealkylation sites (tertiary alicyclic amines) is 1. The molecule has 0 radical (unpaired) electrons. The molecule has 0 aromatic heterocycles. The number of fused-ring (bicyclic) bond motifs is 4. The average molecular weight is 493 g/mol. The molecule has 2 saturated heterocycles. The Morgan fingerprint density at radius 3 is 2.53 bits per heavy atom. The molecule has 0 aliphatic carbocycles. The molecular formula is C26H28N4O6. The summed E-state index contributed by atoms with van der Waals surface area (Å²) in [5, 5.41) is 6.10. The number of benzene rings is 2. The maximum Gasteiger partial charge on any atom is 0.250 e. The van der Waals surface area contributed by atoms with Crippen molar-refractivity contribution >= 4 is 29.3 Å². The van der Waals surface area contributed by atoms with E-state index in [1.807, 2.05) is 25.1 Å². The van der Waals surface area contributed by atoms with Crippen molar-refractivity contribution in [2.45, 2.75) is 31.3 Å². The number of hydrogen-bond donors (Lipinski definition) is 3. The van der Waals surface area contributed by atoms with Gasteiger partial charge in [-0.3, -0.25) is 29.4 Å². The smallest absolute Gasteiger partial charge is 0.250 e. The van der Waals surface area contributed by atoms with Crippen LogP contribution in [0.3, 0.4) is 0 Å². The van der Waals surface area contributed by atoms with Crippen molar-refractivity contribution in [1.29, 1.82) is 0 Å². The zero-order valence-electron chi connectivity index (χ0n) is 20.3. The van der Waals surface area contributed by atoms with Gasteiger partial charge in [-0.2, -0.15) is 0 Å². The highest BCUT2D eigenvalue weighted by molar-refractivity contribution is 6.15. The molecule has 10 nitrogen and oxygen atoms in total. The van der Waals surface area contributed by atoms with Crippen molar-refractivity contribution in [3.05, 3.63) is 53.1 Å². The van der Waals surface area contributed by atoms with E-state index in [1.165, 1.54) is 12.0 Å². The number of hydrogen-bond acceptors (Lipinski definition) is 7. The van der Waals surface area contributed by atoms with Gasteiger partial charge in [-0.05, 0) is 36.6 Å². The summed E-state index contributed by atoms with van der Waals surface area (Å²) in [6, 6.07) is 10.1. The largest absolute Gasteiger partial charge is 0.493 e. The van der Waals surface area contributed by atoms with E-state index < -0.39 is 47.0 Å². The highest BCUT2D eigenvalue weighted by Gasteiger charge is 2.70. The minimum absolute atomic E-state index is 0.127. The number of para-hydroxylation sites is 1. The van der Waals surface area contributed by atoms with Crippen LogP contribution in [0.15, 0.2) is 36.4 Å². The van der Waals surface area contributed by atoms with E-state index in [9.17, 15) is 19.2 Å². The molecule has 4 N–H and O–H groups in total. The lowest BCUT2D eigenvalue weighted by Crippen LogP contribution is -2.53. The summed E-state index contributed by atoms with van der Waals surface area (Å²) >= 11 is 0. The third-order valence-electron chi connectivity index (χ3n) is 7.54. The number of carbonyl (C=O) groups is 4. The number of methoxy groups -OCH3 is 2. The third-order valence-corrected chi connectivity index (χ3v) is 7.54. The Balaban J connectivity index is 1.49. The van der Waals surface area contributed by atoms with Crippen LogP contribution in [0.1, 0.15) is 23.1 Å². The summed E-state index contributed by atoms with van der Waals surface area (Å²) < 4.78 is 10.6. The first-order valence-electron chi connectivity index (χ1n) is 11.8. The number of anilines is 1. The number of amides is 4. The number of ether oxygens (including phenoxy) is 2. The van der Waals surface area contributed by atoms with Gasteiger partial charge in [0, 0.05) is 30.3 Å². The van der Waals surface area contributed by atoms with Crippen molar-refractivity contribution < 1.29 is 28.7 Å². The fraction of sp³-hybridized carbons (Fsp3) is 0.385. The summed E-state index contributed by atoms with van der Waals surface area (Å²) in [4.78, 5) is 53.9. The fourth-order valence-corrected chi connectivity index (χ4v) is 5.92. The fourth-order valence-electron chi connectivity index (χ4n) is 5.92. The monoisotopic (exact) mass is 492 g/mol. The molecule has 3 aliphatic heterocycles. The second-order valence-electron chi connectivity index (χ2n) is 9.45. The van der Waals surface area contributed by atoms with Crippen molar-refractivity contribution in [2.75, 3.05) is 26.1 Å². The van der Waals surface area contributed by atoms with Gasteiger partial charge < -0.3 is 20.5 Å². The average Bonchev–Trinajstić information content (AvgIpc) is 3.42. The van der Waals surface area contributed by atoms with Gasteiger partial charge in [0.1, 0.15) is 5.54 Å². The maximum atomic E-state index is 13.8. The van der Waals surface area contributed by atoms with Crippen molar-refractivity contribution in [3.8, 4) is 11.5 Å². The molecule has 4 atom stereocenters.